The van der Waals surface area contributed by atoms with E-state index in [9.17, 15) is 9.59 Å². The number of aromatic nitrogens is 3. The Hall–Kier alpha value is -3.26. The first-order valence-corrected chi connectivity index (χ1v) is 9.10. The van der Waals surface area contributed by atoms with E-state index in [4.69, 9.17) is 4.74 Å². The van der Waals surface area contributed by atoms with Gasteiger partial charge in [-0.05, 0) is 35.7 Å². The van der Waals surface area contributed by atoms with Crippen molar-refractivity contribution < 1.29 is 9.53 Å². The van der Waals surface area contributed by atoms with Gasteiger partial charge >= 0.3 is 0 Å². The summed E-state index contributed by atoms with van der Waals surface area (Å²) in [5, 5.41) is 2.71. The minimum absolute atomic E-state index is 0.183. The van der Waals surface area contributed by atoms with Crippen LogP contribution in [0.3, 0.4) is 0 Å². The van der Waals surface area contributed by atoms with Crippen LogP contribution < -0.4 is 10.3 Å². The van der Waals surface area contributed by atoms with Crippen molar-refractivity contribution in [3.05, 3.63) is 63.7 Å². The predicted molar refractivity (Wildman–Crippen MR) is 104 cm³/mol. The van der Waals surface area contributed by atoms with Crippen LogP contribution in [0.2, 0.25) is 0 Å². The maximum atomic E-state index is 12.7. The van der Waals surface area contributed by atoms with E-state index < -0.39 is 0 Å². The number of hydrogen-bond donors (Lipinski definition) is 1. The van der Waals surface area contributed by atoms with Crippen molar-refractivity contribution in [3.8, 4) is 5.75 Å². The summed E-state index contributed by atoms with van der Waals surface area (Å²) in [6.07, 6.45) is 0. The Labute approximate surface area is 158 Å². The average molecular weight is 380 g/mol. The highest BCUT2D eigenvalue weighted by Gasteiger charge is 2.16. The number of pyridine rings is 1. The molecule has 4 aromatic rings. The molecule has 0 fully saturated rings. The highest BCUT2D eigenvalue weighted by atomic mass is 32.1. The topological polar surface area (TPSA) is 88.2 Å². The summed E-state index contributed by atoms with van der Waals surface area (Å²) in [7, 11) is 3.26. The third kappa shape index (κ3) is 3.26. The van der Waals surface area contributed by atoms with Crippen LogP contribution in [0.5, 0.6) is 5.75 Å². The monoisotopic (exact) mass is 380 g/mol. The van der Waals surface area contributed by atoms with Crippen molar-refractivity contribution in [1.29, 1.82) is 0 Å². The van der Waals surface area contributed by atoms with Gasteiger partial charge in [-0.25, -0.2) is 9.97 Å². The Balaban J connectivity index is 1.59. The van der Waals surface area contributed by atoms with Crippen LogP contribution in [0, 0.1) is 0 Å². The Kier molecular flexibility index (Phi) is 4.33. The molecule has 3 aromatic heterocycles. The predicted octanol–water partition coefficient (Wildman–Crippen LogP) is 2.81. The number of rotatable bonds is 4. The molecule has 3 heterocycles. The smallest absolute Gasteiger partial charge is 0.272 e. The molecule has 0 saturated carbocycles. The zero-order chi connectivity index (χ0) is 19.0. The highest BCUT2D eigenvalue weighted by molar-refractivity contribution is 7.17. The molecule has 8 heteroatoms. The lowest BCUT2D eigenvalue weighted by Gasteiger charge is -2.16. The molecule has 0 aliphatic heterocycles. The summed E-state index contributed by atoms with van der Waals surface area (Å²) in [5.41, 5.74) is 1.48. The molecule has 1 N–H and O–H groups in total. The van der Waals surface area contributed by atoms with Crippen molar-refractivity contribution in [2.24, 2.45) is 0 Å². The lowest BCUT2D eigenvalue weighted by atomic mass is 10.2. The van der Waals surface area contributed by atoms with Crippen LogP contribution >= 0.6 is 11.3 Å². The van der Waals surface area contributed by atoms with E-state index in [1.54, 1.807) is 32.4 Å². The maximum absolute atomic E-state index is 12.7. The molecule has 27 heavy (non-hydrogen) atoms. The summed E-state index contributed by atoms with van der Waals surface area (Å²) in [6.45, 7) is 0.183. The Morgan fingerprint density at radius 1 is 1.19 bits per heavy atom. The third-order valence-corrected chi connectivity index (χ3v) is 5.12. The van der Waals surface area contributed by atoms with E-state index in [0.29, 0.717) is 27.3 Å². The van der Waals surface area contributed by atoms with Gasteiger partial charge in [0, 0.05) is 12.4 Å². The number of ether oxygens (including phenoxy) is 1. The summed E-state index contributed by atoms with van der Waals surface area (Å²) in [5.74, 6) is 0.924. The molecular weight excluding hydrogens is 364 g/mol. The van der Waals surface area contributed by atoms with Crippen LogP contribution in [0.15, 0.2) is 46.6 Å². The number of H-pyrrole nitrogens is 1. The van der Waals surface area contributed by atoms with E-state index in [0.717, 1.165) is 11.1 Å². The van der Waals surface area contributed by atoms with E-state index >= 15 is 0 Å². The number of carbonyl (C=O) groups is 1. The maximum Gasteiger partial charge on any atom is 0.272 e. The normalized spacial score (nSPS) is 11.0. The summed E-state index contributed by atoms with van der Waals surface area (Å²) in [6, 6.07) is 10.8. The lowest BCUT2D eigenvalue weighted by molar-refractivity contribution is 0.0776. The first-order valence-electron chi connectivity index (χ1n) is 8.22. The van der Waals surface area contributed by atoms with Crippen LogP contribution in [-0.4, -0.2) is 39.9 Å². The number of thiophene rings is 1. The molecule has 1 aromatic carbocycles. The number of aromatic amines is 1. The van der Waals surface area contributed by atoms with Crippen LogP contribution in [0.1, 0.15) is 16.3 Å². The first kappa shape index (κ1) is 17.2. The molecule has 7 nitrogen and oxygen atoms in total. The van der Waals surface area contributed by atoms with Gasteiger partial charge in [-0.3, -0.25) is 9.59 Å². The lowest BCUT2D eigenvalue weighted by Crippen LogP contribution is -2.28. The molecule has 0 radical (unpaired) electrons. The van der Waals surface area contributed by atoms with Crippen molar-refractivity contribution in [3.63, 3.8) is 0 Å². The number of hydrogen-bond acceptors (Lipinski definition) is 6. The third-order valence-electron chi connectivity index (χ3n) is 4.21. The Bertz CT molecular complexity index is 1210. The van der Waals surface area contributed by atoms with Gasteiger partial charge in [-0.2, -0.15) is 0 Å². The van der Waals surface area contributed by atoms with Gasteiger partial charge in [0.1, 0.15) is 22.0 Å². The van der Waals surface area contributed by atoms with Crippen LogP contribution in [0.4, 0.5) is 0 Å². The summed E-state index contributed by atoms with van der Waals surface area (Å²) < 4.78 is 5.78. The fourth-order valence-electron chi connectivity index (χ4n) is 2.84. The molecule has 0 bridgehead atoms. The fourth-order valence-corrected chi connectivity index (χ4v) is 3.56. The van der Waals surface area contributed by atoms with Gasteiger partial charge < -0.3 is 14.6 Å². The SMILES string of the molecule is COc1ccc2nc(C(=O)N(C)Cc3nc4ccsc4c(=O)[nH]3)ccc2c1. The molecule has 1 amide bonds. The van der Waals surface area contributed by atoms with Gasteiger partial charge in [-0.1, -0.05) is 6.07 Å². The van der Waals surface area contributed by atoms with Crippen molar-refractivity contribution >= 4 is 38.4 Å². The second-order valence-corrected chi connectivity index (χ2v) is 6.98. The number of nitrogens with one attached hydrogen (secondary N) is 1. The van der Waals surface area contributed by atoms with Gasteiger partial charge in [-0.15, -0.1) is 11.3 Å². The molecule has 136 valence electrons. The summed E-state index contributed by atoms with van der Waals surface area (Å²) in [4.78, 5) is 37.9. The second-order valence-electron chi connectivity index (χ2n) is 6.06. The van der Waals surface area contributed by atoms with Gasteiger partial charge in [0.2, 0.25) is 0 Å². The van der Waals surface area contributed by atoms with Gasteiger partial charge in [0.15, 0.2) is 0 Å². The second kappa shape index (κ2) is 6.81. The van der Waals surface area contributed by atoms with Gasteiger partial charge in [0.05, 0.1) is 24.7 Å². The number of benzene rings is 1. The standard InChI is InChI=1S/C19H16N4O3S/c1-23(10-16-21-14-7-8-27-17(14)18(24)22-16)19(25)15-5-3-11-9-12(26-2)4-6-13(11)20-15/h3-9H,10H2,1-2H3,(H,21,22,24). The van der Waals surface area contributed by atoms with Crippen molar-refractivity contribution in [2.75, 3.05) is 14.2 Å². The fraction of sp³-hybridized carbons (Fsp3) is 0.158. The van der Waals surface area contributed by atoms with Crippen LogP contribution in [0.25, 0.3) is 21.1 Å². The number of nitrogens with zero attached hydrogens (tertiary/aromatic N) is 3. The molecular formula is C19H16N4O3S. The zero-order valence-corrected chi connectivity index (χ0v) is 15.5. The minimum atomic E-state index is -0.249. The molecule has 0 spiro atoms. The molecule has 0 unspecified atom stereocenters. The largest absolute Gasteiger partial charge is 0.497 e. The molecule has 0 aliphatic carbocycles. The molecule has 0 aliphatic rings. The average Bonchev–Trinajstić information content (AvgIpc) is 3.15. The quantitative estimate of drug-likeness (QED) is 0.588. The van der Waals surface area contributed by atoms with Crippen LogP contribution in [-0.2, 0) is 6.54 Å². The van der Waals surface area contributed by atoms with Crippen molar-refractivity contribution in [1.82, 2.24) is 19.9 Å². The minimum Gasteiger partial charge on any atom is -0.497 e. The number of fused-ring (bicyclic) bond motifs is 2. The van der Waals surface area contributed by atoms with E-state index in [1.165, 1.54) is 16.2 Å². The van der Waals surface area contributed by atoms with E-state index in [1.807, 2.05) is 23.6 Å². The Morgan fingerprint density at radius 2 is 2.04 bits per heavy atom. The molecule has 0 saturated heterocycles. The molecule has 0 atom stereocenters. The number of amides is 1. The van der Waals surface area contributed by atoms with Crippen molar-refractivity contribution in [2.45, 2.75) is 6.54 Å². The Morgan fingerprint density at radius 3 is 2.85 bits per heavy atom. The molecule has 4 rings (SSSR count). The van der Waals surface area contributed by atoms with E-state index in [2.05, 4.69) is 15.0 Å². The number of methoxy groups -OCH3 is 1. The van der Waals surface area contributed by atoms with Gasteiger partial charge in [0.25, 0.3) is 11.5 Å². The first-order chi connectivity index (χ1) is 13.0. The summed E-state index contributed by atoms with van der Waals surface area (Å²) >= 11 is 1.34. The highest BCUT2D eigenvalue weighted by Crippen LogP contribution is 2.20. The van der Waals surface area contributed by atoms with E-state index in [-0.39, 0.29) is 18.0 Å². The zero-order valence-electron chi connectivity index (χ0n) is 14.7. The number of carbonyl (C=O) groups excluding carboxylic acids is 1.